The molecule has 0 atom stereocenters. The van der Waals surface area contributed by atoms with Crippen LogP contribution in [0.25, 0.3) is 0 Å². The van der Waals surface area contributed by atoms with E-state index in [2.05, 4.69) is 5.32 Å². The number of methoxy groups -OCH3 is 2. The van der Waals surface area contributed by atoms with Gasteiger partial charge in [-0.2, -0.15) is 9.97 Å². The van der Waals surface area contributed by atoms with E-state index in [-0.39, 0.29) is 17.8 Å². The molecule has 0 saturated carbocycles. The van der Waals surface area contributed by atoms with Crippen molar-refractivity contribution in [1.82, 2.24) is 9.97 Å². The molecule has 0 unspecified atom stereocenters. The summed E-state index contributed by atoms with van der Waals surface area (Å²) in [5.74, 6) is 1.37. The van der Waals surface area contributed by atoms with Gasteiger partial charge in [0.05, 0.1) is 31.5 Å². The average molecular weight is 506 g/mol. The summed E-state index contributed by atoms with van der Waals surface area (Å²) >= 11 is 6.29. The lowest BCUT2D eigenvalue weighted by atomic mass is 10.1. The largest absolute Gasteiger partial charge is 0.495 e. The maximum Gasteiger partial charge on any atom is 0.345 e. The average Bonchev–Trinajstić information content (AvgIpc) is 2.87. The van der Waals surface area contributed by atoms with Crippen LogP contribution in [0.2, 0.25) is 5.02 Å². The molecule has 2 aromatic rings. The van der Waals surface area contributed by atoms with E-state index in [1.54, 1.807) is 19.2 Å². The summed E-state index contributed by atoms with van der Waals surface area (Å²) < 4.78 is 10.3. The molecule has 2 aliphatic heterocycles. The van der Waals surface area contributed by atoms with Gasteiger partial charge in [0.15, 0.2) is 5.82 Å². The lowest BCUT2D eigenvalue weighted by Gasteiger charge is -2.34. The maximum atomic E-state index is 12.9. The molecule has 2 saturated heterocycles. The van der Waals surface area contributed by atoms with Crippen LogP contribution in [-0.4, -0.2) is 78.8 Å². The molecule has 0 bridgehead atoms. The number of ether oxygens (including phenoxy) is 2. The number of aliphatic hydroxyl groups excluding tert-OH is 2. The molecule has 0 aliphatic carbocycles. The molecule has 10 nitrogen and oxygen atoms in total. The number of aliphatic hydroxyl groups is 2. The Balaban J connectivity index is 1.71. The minimum atomic E-state index is -0.540. The summed E-state index contributed by atoms with van der Waals surface area (Å²) in [6.07, 6.45) is 1.73. The van der Waals surface area contributed by atoms with Crippen LogP contribution in [0.15, 0.2) is 18.2 Å². The van der Waals surface area contributed by atoms with E-state index in [9.17, 15) is 15.0 Å². The van der Waals surface area contributed by atoms with E-state index < -0.39 is 5.97 Å². The molecule has 3 N–H and O–H groups in total. The summed E-state index contributed by atoms with van der Waals surface area (Å²) in [7, 11) is 2.89. The van der Waals surface area contributed by atoms with Gasteiger partial charge in [-0.3, -0.25) is 0 Å². The van der Waals surface area contributed by atoms with E-state index >= 15 is 0 Å². The Morgan fingerprint density at radius 2 is 1.69 bits per heavy atom. The molecule has 0 radical (unpaired) electrons. The van der Waals surface area contributed by atoms with Crippen LogP contribution in [0.1, 0.15) is 41.6 Å². The zero-order valence-corrected chi connectivity index (χ0v) is 20.8. The molecule has 0 spiro atoms. The SMILES string of the molecule is COC(=O)c1c(NCc2ccc(OC)c(Cl)c2)nc(N2CCC(O)CC2)nc1N1CCC(O)CC1. The van der Waals surface area contributed by atoms with E-state index in [4.69, 9.17) is 31.0 Å². The minimum absolute atomic E-state index is 0.254. The Hall–Kier alpha value is -2.82. The highest BCUT2D eigenvalue weighted by molar-refractivity contribution is 6.32. The fraction of sp³-hybridized carbons (Fsp3) is 0.542. The van der Waals surface area contributed by atoms with Crippen LogP contribution in [0.3, 0.4) is 0 Å². The van der Waals surface area contributed by atoms with Gasteiger partial charge in [0.1, 0.15) is 17.1 Å². The third-order valence-electron chi connectivity index (χ3n) is 6.46. The molecule has 35 heavy (non-hydrogen) atoms. The lowest BCUT2D eigenvalue weighted by molar-refractivity contribution is 0.0601. The van der Waals surface area contributed by atoms with Gasteiger partial charge in [-0.05, 0) is 43.4 Å². The van der Waals surface area contributed by atoms with Crippen LogP contribution < -0.4 is 19.9 Å². The van der Waals surface area contributed by atoms with Gasteiger partial charge in [-0.15, -0.1) is 0 Å². The van der Waals surface area contributed by atoms with Crippen LogP contribution in [0.5, 0.6) is 5.75 Å². The number of carbonyl (C=O) groups excluding carboxylic acids is 1. The highest BCUT2D eigenvalue weighted by Gasteiger charge is 2.30. The first-order chi connectivity index (χ1) is 16.9. The number of piperidine rings is 2. The normalized spacial score (nSPS) is 17.4. The van der Waals surface area contributed by atoms with Crippen molar-refractivity contribution in [2.75, 3.05) is 55.5 Å². The number of rotatable bonds is 7. The monoisotopic (exact) mass is 505 g/mol. The zero-order chi connectivity index (χ0) is 24.9. The number of nitrogens with zero attached hydrogens (tertiary/aromatic N) is 4. The number of nitrogens with one attached hydrogen (secondary N) is 1. The Bertz CT molecular complexity index is 1040. The zero-order valence-electron chi connectivity index (χ0n) is 20.0. The number of anilines is 3. The van der Waals surface area contributed by atoms with Crippen molar-refractivity contribution in [3.05, 3.63) is 34.3 Å². The predicted molar refractivity (Wildman–Crippen MR) is 134 cm³/mol. The molecule has 0 amide bonds. The molecule has 2 aliphatic rings. The lowest BCUT2D eigenvalue weighted by Crippen LogP contribution is -2.40. The smallest absolute Gasteiger partial charge is 0.345 e. The summed E-state index contributed by atoms with van der Waals surface area (Å²) in [6, 6.07) is 5.47. The summed E-state index contributed by atoms with van der Waals surface area (Å²) in [5.41, 5.74) is 1.14. The van der Waals surface area contributed by atoms with Crippen LogP contribution in [0.4, 0.5) is 17.6 Å². The second-order valence-corrected chi connectivity index (χ2v) is 9.23. The van der Waals surface area contributed by atoms with E-state index in [0.717, 1.165) is 5.56 Å². The van der Waals surface area contributed by atoms with Crippen molar-refractivity contribution in [2.45, 2.75) is 44.4 Å². The molecule has 190 valence electrons. The first-order valence-corrected chi connectivity index (χ1v) is 12.2. The highest BCUT2D eigenvalue weighted by atomic mass is 35.5. The molecule has 1 aromatic carbocycles. The summed E-state index contributed by atoms with van der Waals surface area (Å²) in [4.78, 5) is 26.5. The van der Waals surface area contributed by atoms with Crippen molar-refractivity contribution in [3.63, 3.8) is 0 Å². The van der Waals surface area contributed by atoms with Gasteiger partial charge in [-0.25, -0.2) is 4.79 Å². The third kappa shape index (κ3) is 5.88. The Morgan fingerprint density at radius 3 is 2.26 bits per heavy atom. The quantitative estimate of drug-likeness (QED) is 0.484. The van der Waals surface area contributed by atoms with Crippen molar-refractivity contribution in [1.29, 1.82) is 0 Å². The molecular weight excluding hydrogens is 474 g/mol. The Morgan fingerprint density at radius 1 is 1.06 bits per heavy atom. The van der Waals surface area contributed by atoms with Gasteiger partial charge in [0.25, 0.3) is 0 Å². The standard InChI is InChI=1S/C24H32ClN5O5/c1-34-19-4-3-15(13-18(19)25)14-26-21-20(23(33)35-2)22(29-9-5-16(31)6-10-29)28-24(27-21)30-11-7-17(32)8-12-30/h3-4,13,16-17,31-32H,5-12,14H2,1-2H3,(H,26,27,28). The number of hydrogen-bond acceptors (Lipinski definition) is 10. The van der Waals surface area contributed by atoms with Crippen molar-refractivity contribution in [3.8, 4) is 5.75 Å². The second kappa shape index (κ2) is 11.3. The van der Waals surface area contributed by atoms with Crippen LogP contribution in [-0.2, 0) is 11.3 Å². The molecule has 2 fully saturated rings. The Kier molecular flexibility index (Phi) is 8.15. The number of halogens is 1. The van der Waals surface area contributed by atoms with Crippen LogP contribution in [0, 0.1) is 0 Å². The van der Waals surface area contributed by atoms with E-state index in [0.29, 0.717) is 86.8 Å². The Labute approximate surface area is 209 Å². The van der Waals surface area contributed by atoms with Gasteiger partial charge in [-0.1, -0.05) is 17.7 Å². The van der Waals surface area contributed by atoms with Crippen molar-refractivity contribution >= 4 is 35.2 Å². The fourth-order valence-electron chi connectivity index (χ4n) is 4.37. The number of carbonyl (C=O) groups is 1. The number of aromatic nitrogens is 2. The molecule has 11 heteroatoms. The highest BCUT2D eigenvalue weighted by Crippen LogP contribution is 2.32. The van der Waals surface area contributed by atoms with E-state index in [1.807, 2.05) is 15.9 Å². The van der Waals surface area contributed by atoms with Crippen molar-refractivity contribution in [2.24, 2.45) is 0 Å². The first kappa shape index (κ1) is 25.3. The van der Waals surface area contributed by atoms with Crippen LogP contribution >= 0.6 is 11.6 Å². The third-order valence-corrected chi connectivity index (χ3v) is 6.75. The van der Waals surface area contributed by atoms with Gasteiger partial charge in [0, 0.05) is 32.7 Å². The summed E-state index contributed by atoms with van der Waals surface area (Å²) in [5, 5.41) is 23.7. The molecule has 1 aromatic heterocycles. The van der Waals surface area contributed by atoms with Gasteiger partial charge >= 0.3 is 5.97 Å². The van der Waals surface area contributed by atoms with Gasteiger partial charge < -0.3 is 34.8 Å². The molecule has 4 rings (SSSR count). The van der Waals surface area contributed by atoms with Gasteiger partial charge in [0.2, 0.25) is 5.95 Å². The molecule has 3 heterocycles. The second-order valence-electron chi connectivity index (χ2n) is 8.82. The maximum absolute atomic E-state index is 12.9. The van der Waals surface area contributed by atoms with E-state index in [1.165, 1.54) is 7.11 Å². The minimum Gasteiger partial charge on any atom is -0.495 e. The number of benzene rings is 1. The number of esters is 1. The fourth-order valence-corrected chi connectivity index (χ4v) is 4.66. The first-order valence-electron chi connectivity index (χ1n) is 11.8. The van der Waals surface area contributed by atoms with Crippen molar-refractivity contribution < 1.29 is 24.5 Å². The molecular formula is C24H32ClN5O5. The topological polar surface area (TPSA) is 120 Å². The summed E-state index contributed by atoms with van der Waals surface area (Å²) in [6.45, 7) is 2.72. The predicted octanol–water partition coefficient (Wildman–Crippen LogP) is 2.46. The number of hydrogen-bond donors (Lipinski definition) is 3.